The Morgan fingerprint density at radius 2 is 1.95 bits per heavy atom. The highest BCUT2D eigenvalue weighted by molar-refractivity contribution is 8.00. The minimum atomic E-state index is -0.344. The maximum absolute atomic E-state index is 9.53. The van der Waals surface area contributed by atoms with Crippen molar-refractivity contribution in [2.24, 2.45) is 0 Å². The molecule has 0 aliphatic heterocycles. The van der Waals surface area contributed by atoms with E-state index in [2.05, 4.69) is 32.2 Å². The summed E-state index contributed by atoms with van der Waals surface area (Å²) in [6, 6.07) is 6.12. The molecule has 0 bridgehead atoms. The highest BCUT2D eigenvalue weighted by Crippen LogP contribution is 2.32. The van der Waals surface area contributed by atoms with Crippen LogP contribution in [0.4, 0.5) is 0 Å². The molecule has 0 aliphatic rings. The Morgan fingerprint density at radius 3 is 2.42 bits per heavy atom. The normalized spacial score (nSPS) is 15.3. The molecule has 4 heteroatoms. The minimum absolute atomic E-state index is 0.0979. The zero-order valence-electron chi connectivity index (χ0n) is 12.3. The number of aliphatic hydroxyl groups is 1. The summed E-state index contributed by atoms with van der Waals surface area (Å²) < 4.78 is 0. The summed E-state index contributed by atoms with van der Waals surface area (Å²) in [5.74, 6) is 0. The van der Waals surface area contributed by atoms with Crippen molar-refractivity contribution in [1.82, 2.24) is 5.32 Å². The number of aliphatic hydroxyl groups excluding tert-OH is 1. The van der Waals surface area contributed by atoms with E-state index in [1.165, 1.54) is 5.56 Å². The summed E-state index contributed by atoms with van der Waals surface area (Å²) in [6.45, 7) is 11.0. The van der Waals surface area contributed by atoms with Gasteiger partial charge in [0, 0.05) is 22.2 Å². The van der Waals surface area contributed by atoms with Crippen LogP contribution >= 0.6 is 23.4 Å². The van der Waals surface area contributed by atoms with E-state index in [-0.39, 0.29) is 16.9 Å². The maximum Gasteiger partial charge on any atom is 0.0631 e. The van der Waals surface area contributed by atoms with Gasteiger partial charge in [-0.05, 0) is 45.4 Å². The van der Waals surface area contributed by atoms with Crippen molar-refractivity contribution >= 4 is 23.4 Å². The van der Waals surface area contributed by atoms with Gasteiger partial charge in [0.2, 0.25) is 0 Å². The van der Waals surface area contributed by atoms with Crippen molar-refractivity contribution in [3.63, 3.8) is 0 Å². The molecule has 0 saturated carbocycles. The second-order valence-electron chi connectivity index (χ2n) is 5.93. The lowest BCUT2D eigenvalue weighted by Gasteiger charge is -2.21. The lowest BCUT2D eigenvalue weighted by atomic mass is 10.1. The van der Waals surface area contributed by atoms with E-state index in [9.17, 15) is 5.11 Å². The van der Waals surface area contributed by atoms with Gasteiger partial charge in [0.05, 0.1) is 11.1 Å². The maximum atomic E-state index is 9.53. The van der Waals surface area contributed by atoms with Gasteiger partial charge in [-0.15, -0.1) is 11.8 Å². The Morgan fingerprint density at radius 1 is 1.32 bits per heavy atom. The van der Waals surface area contributed by atoms with Gasteiger partial charge < -0.3 is 10.4 Å². The SMILES string of the molecule is CC(O)C(C)Sc1ccc(CNC(C)(C)C)cc1Cl. The third kappa shape index (κ3) is 6.17. The summed E-state index contributed by atoms with van der Waals surface area (Å²) in [5, 5.41) is 13.9. The summed E-state index contributed by atoms with van der Waals surface area (Å²) >= 11 is 7.91. The van der Waals surface area contributed by atoms with Gasteiger partial charge in [0.25, 0.3) is 0 Å². The lowest BCUT2D eigenvalue weighted by Crippen LogP contribution is -2.35. The minimum Gasteiger partial charge on any atom is -0.392 e. The van der Waals surface area contributed by atoms with Crippen LogP contribution in [0.2, 0.25) is 5.02 Å². The molecule has 0 spiro atoms. The molecule has 2 nitrogen and oxygen atoms in total. The molecule has 0 amide bonds. The van der Waals surface area contributed by atoms with Gasteiger partial charge in [0.1, 0.15) is 0 Å². The molecule has 0 heterocycles. The molecule has 2 atom stereocenters. The number of hydrogen-bond acceptors (Lipinski definition) is 3. The van der Waals surface area contributed by atoms with Gasteiger partial charge in [-0.3, -0.25) is 0 Å². The number of nitrogens with one attached hydrogen (secondary N) is 1. The number of halogens is 1. The van der Waals surface area contributed by atoms with Gasteiger partial charge in [0.15, 0.2) is 0 Å². The van der Waals surface area contributed by atoms with Crippen molar-refractivity contribution < 1.29 is 5.11 Å². The van der Waals surface area contributed by atoms with Gasteiger partial charge in [-0.2, -0.15) is 0 Å². The molecule has 0 radical (unpaired) electrons. The molecule has 1 aromatic carbocycles. The number of rotatable bonds is 5. The highest BCUT2D eigenvalue weighted by Gasteiger charge is 2.13. The second-order valence-corrected chi connectivity index (χ2v) is 7.76. The van der Waals surface area contributed by atoms with E-state index in [1.54, 1.807) is 18.7 Å². The number of benzene rings is 1. The number of hydrogen-bond donors (Lipinski definition) is 2. The number of thioether (sulfide) groups is 1. The highest BCUT2D eigenvalue weighted by atomic mass is 35.5. The molecule has 0 aromatic heterocycles. The quantitative estimate of drug-likeness (QED) is 0.804. The van der Waals surface area contributed by atoms with Gasteiger partial charge in [-0.25, -0.2) is 0 Å². The van der Waals surface area contributed by atoms with E-state index in [4.69, 9.17) is 11.6 Å². The van der Waals surface area contributed by atoms with Crippen LogP contribution in [0, 0.1) is 0 Å². The van der Waals surface area contributed by atoms with E-state index in [1.807, 2.05) is 19.1 Å². The molecule has 0 fully saturated rings. The second kappa shape index (κ2) is 6.98. The summed E-state index contributed by atoms with van der Waals surface area (Å²) in [5.41, 5.74) is 1.27. The predicted molar refractivity (Wildman–Crippen MR) is 85.0 cm³/mol. The summed E-state index contributed by atoms with van der Waals surface area (Å²) in [6.07, 6.45) is -0.344. The zero-order chi connectivity index (χ0) is 14.6. The van der Waals surface area contributed by atoms with Crippen LogP contribution in [-0.4, -0.2) is 22.0 Å². The Hall–Kier alpha value is -0.220. The van der Waals surface area contributed by atoms with Crippen molar-refractivity contribution in [2.45, 2.75) is 63.0 Å². The first-order valence-corrected chi connectivity index (χ1v) is 7.83. The average molecular weight is 302 g/mol. The lowest BCUT2D eigenvalue weighted by molar-refractivity contribution is 0.196. The zero-order valence-corrected chi connectivity index (χ0v) is 13.9. The molecule has 1 aromatic rings. The van der Waals surface area contributed by atoms with E-state index in [0.717, 1.165) is 16.5 Å². The molecular weight excluding hydrogens is 278 g/mol. The first-order chi connectivity index (χ1) is 8.69. The standard InChI is InChI=1S/C15H24ClNOS/c1-10(18)11(2)19-14-7-6-12(8-13(14)16)9-17-15(3,4)5/h6-8,10-11,17-18H,9H2,1-5H3. The van der Waals surface area contributed by atoms with Crippen LogP contribution in [0.1, 0.15) is 40.2 Å². The molecule has 0 saturated heterocycles. The van der Waals surface area contributed by atoms with Crippen molar-refractivity contribution in [2.75, 3.05) is 0 Å². The monoisotopic (exact) mass is 301 g/mol. The molecule has 2 N–H and O–H groups in total. The molecule has 19 heavy (non-hydrogen) atoms. The fourth-order valence-corrected chi connectivity index (χ4v) is 2.67. The molecule has 0 aliphatic carbocycles. The molecule has 2 unspecified atom stereocenters. The topological polar surface area (TPSA) is 32.3 Å². The largest absolute Gasteiger partial charge is 0.392 e. The van der Waals surface area contributed by atoms with Gasteiger partial charge in [-0.1, -0.05) is 24.6 Å². The first kappa shape index (κ1) is 16.8. The first-order valence-electron chi connectivity index (χ1n) is 6.57. The van der Waals surface area contributed by atoms with Crippen LogP contribution in [0.25, 0.3) is 0 Å². The van der Waals surface area contributed by atoms with Crippen LogP contribution in [0.3, 0.4) is 0 Å². The predicted octanol–water partition coefficient (Wildman–Crippen LogP) is 4.09. The average Bonchev–Trinajstić information content (AvgIpc) is 2.28. The van der Waals surface area contributed by atoms with Crippen molar-refractivity contribution in [3.05, 3.63) is 28.8 Å². The molecular formula is C15H24ClNOS. The van der Waals surface area contributed by atoms with E-state index < -0.39 is 0 Å². The molecule has 1 rings (SSSR count). The fraction of sp³-hybridized carbons (Fsp3) is 0.600. The Labute approximate surface area is 125 Å². The third-order valence-electron chi connectivity index (χ3n) is 2.81. The van der Waals surface area contributed by atoms with Crippen LogP contribution in [0.15, 0.2) is 23.1 Å². The van der Waals surface area contributed by atoms with E-state index >= 15 is 0 Å². The van der Waals surface area contributed by atoms with E-state index in [0.29, 0.717) is 0 Å². The van der Waals surface area contributed by atoms with Gasteiger partial charge >= 0.3 is 0 Å². The Bertz CT molecular complexity index is 415. The Balaban J connectivity index is 2.69. The van der Waals surface area contributed by atoms with Crippen LogP contribution in [-0.2, 0) is 6.54 Å². The van der Waals surface area contributed by atoms with Crippen molar-refractivity contribution in [3.8, 4) is 0 Å². The van der Waals surface area contributed by atoms with Crippen LogP contribution < -0.4 is 5.32 Å². The third-order valence-corrected chi connectivity index (χ3v) is 4.61. The smallest absolute Gasteiger partial charge is 0.0631 e. The molecule has 108 valence electrons. The van der Waals surface area contributed by atoms with Crippen molar-refractivity contribution in [1.29, 1.82) is 0 Å². The summed E-state index contributed by atoms with van der Waals surface area (Å²) in [4.78, 5) is 1.02. The van der Waals surface area contributed by atoms with Crippen LogP contribution in [0.5, 0.6) is 0 Å². The fourth-order valence-electron chi connectivity index (χ4n) is 1.42. The Kier molecular flexibility index (Phi) is 6.18. The summed E-state index contributed by atoms with van der Waals surface area (Å²) in [7, 11) is 0.